The van der Waals surface area contributed by atoms with E-state index in [0.29, 0.717) is 11.8 Å². The van der Waals surface area contributed by atoms with Crippen molar-refractivity contribution < 1.29 is 24.2 Å². The van der Waals surface area contributed by atoms with Crippen molar-refractivity contribution in [3.05, 3.63) is 12.2 Å². The number of esters is 1. The van der Waals surface area contributed by atoms with E-state index in [4.69, 9.17) is 4.74 Å². The van der Waals surface area contributed by atoms with Gasteiger partial charge in [0, 0.05) is 0 Å². The Balaban J connectivity index is 1.57. The third-order valence-corrected chi connectivity index (χ3v) is 4.55. The summed E-state index contributed by atoms with van der Waals surface area (Å²) in [4.78, 5) is 23.1. The molecule has 0 aromatic carbocycles. The molecule has 5 nitrogen and oxygen atoms in total. The van der Waals surface area contributed by atoms with Gasteiger partial charge < -0.3 is 14.6 Å². The van der Waals surface area contributed by atoms with Crippen molar-refractivity contribution in [2.75, 3.05) is 6.61 Å². The number of ether oxygens (including phenoxy) is 2. The molecule has 0 radical (unpaired) electrons. The van der Waals surface area contributed by atoms with Gasteiger partial charge in [-0.1, -0.05) is 12.2 Å². The maximum absolute atomic E-state index is 12.0. The van der Waals surface area contributed by atoms with Crippen LogP contribution >= 0.6 is 0 Å². The van der Waals surface area contributed by atoms with Crippen LogP contribution in [0.25, 0.3) is 0 Å². The lowest BCUT2D eigenvalue weighted by atomic mass is 9.87. The first-order chi connectivity index (χ1) is 8.83. The summed E-state index contributed by atoms with van der Waals surface area (Å²) in [5, 5.41) is 9.83. The highest BCUT2D eigenvalue weighted by Crippen LogP contribution is 2.46. The Bertz CT molecular complexity index is 466. The molecule has 1 saturated heterocycles. The summed E-state index contributed by atoms with van der Waals surface area (Å²) >= 11 is 0. The fourth-order valence-corrected chi connectivity index (χ4v) is 3.03. The van der Waals surface area contributed by atoms with Crippen molar-refractivity contribution in [3.63, 3.8) is 0 Å². The molecule has 2 fully saturated rings. The molecule has 4 atom stereocenters. The van der Waals surface area contributed by atoms with E-state index in [1.165, 1.54) is 0 Å². The number of fused-ring (bicyclic) bond motifs is 2. The molecule has 0 spiro atoms. The van der Waals surface area contributed by atoms with Crippen LogP contribution in [0.1, 0.15) is 26.7 Å². The zero-order chi connectivity index (χ0) is 13.8. The second-order valence-corrected chi connectivity index (χ2v) is 6.41. The minimum Gasteiger partial charge on any atom is -0.465 e. The Morgan fingerprint density at radius 3 is 2.68 bits per heavy atom. The van der Waals surface area contributed by atoms with Gasteiger partial charge in [0.15, 0.2) is 0 Å². The number of hydrogen-bond acceptors (Lipinski definition) is 5. The molecule has 5 heteroatoms. The van der Waals surface area contributed by atoms with Crippen LogP contribution in [0.4, 0.5) is 0 Å². The van der Waals surface area contributed by atoms with Gasteiger partial charge in [0.2, 0.25) is 0 Å². The summed E-state index contributed by atoms with van der Waals surface area (Å²) in [5.41, 5.74) is -0.923. The molecule has 3 aliphatic rings. The molecule has 19 heavy (non-hydrogen) atoms. The van der Waals surface area contributed by atoms with Crippen molar-refractivity contribution in [1.29, 1.82) is 0 Å². The van der Waals surface area contributed by atoms with Crippen LogP contribution < -0.4 is 0 Å². The minimum atomic E-state index is -1.79. The highest BCUT2D eigenvalue weighted by atomic mass is 16.8. The van der Waals surface area contributed by atoms with E-state index >= 15 is 0 Å². The number of cyclic esters (lactones) is 1. The van der Waals surface area contributed by atoms with Gasteiger partial charge in [-0.3, -0.25) is 4.79 Å². The molecule has 1 aliphatic heterocycles. The maximum atomic E-state index is 12.0. The highest BCUT2D eigenvalue weighted by Gasteiger charge is 2.67. The van der Waals surface area contributed by atoms with E-state index in [9.17, 15) is 14.7 Å². The zero-order valence-electron chi connectivity index (χ0n) is 11.1. The van der Waals surface area contributed by atoms with Crippen molar-refractivity contribution >= 4 is 11.9 Å². The fraction of sp³-hybridized carbons (Fsp3) is 0.714. The summed E-state index contributed by atoms with van der Waals surface area (Å²) in [6.45, 7) is 3.27. The van der Waals surface area contributed by atoms with Gasteiger partial charge in [-0.25, -0.2) is 4.79 Å². The van der Waals surface area contributed by atoms with Gasteiger partial charge in [0.25, 0.3) is 0 Å². The molecular weight excluding hydrogens is 248 g/mol. The van der Waals surface area contributed by atoms with Crippen molar-refractivity contribution in [1.82, 2.24) is 0 Å². The van der Waals surface area contributed by atoms with Crippen LogP contribution in [0, 0.1) is 23.2 Å². The van der Waals surface area contributed by atoms with Gasteiger partial charge in [0.05, 0.1) is 11.3 Å². The summed E-state index contributed by atoms with van der Waals surface area (Å²) in [6.07, 6.45) is 6.14. The number of hydrogen-bond donors (Lipinski definition) is 1. The third-order valence-electron chi connectivity index (χ3n) is 4.55. The summed E-state index contributed by atoms with van der Waals surface area (Å²) in [5.74, 6) is -1.95. The molecule has 3 rings (SSSR count). The molecule has 0 amide bonds. The topological polar surface area (TPSA) is 76.1 Å². The van der Waals surface area contributed by atoms with E-state index in [-0.39, 0.29) is 18.5 Å². The first-order valence-electron chi connectivity index (χ1n) is 6.64. The first-order valence-corrected chi connectivity index (χ1v) is 6.64. The Hall–Kier alpha value is -1.36. The van der Waals surface area contributed by atoms with Gasteiger partial charge in [-0.2, -0.15) is 0 Å². The number of epoxide rings is 1. The molecule has 2 aliphatic carbocycles. The van der Waals surface area contributed by atoms with Crippen LogP contribution in [-0.4, -0.2) is 29.4 Å². The zero-order valence-corrected chi connectivity index (χ0v) is 11.1. The molecule has 1 saturated carbocycles. The predicted octanol–water partition coefficient (Wildman–Crippen LogP) is 1.01. The summed E-state index contributed by atoms with van der Waals surface area (Å²) in [6, 6.07) is 0. The molecule has 2 bridgehead atoms. The normalized spacial score (nSPS) is 39.3. The smallest absolute Gasteiger partial charge is 0.383 e. The van der Waals surface area contributed by atoms with E-state index in [1.807, 2.05) is 0 Å². The second-order valence-electron chi connectivity index (χ2n) is 6.41. The average molecular weight is 266 g/mol. The quantitative estimate of drug-likeness (QED) is 0.467. The van der Waals surface area contributed by atoms with E-state index in [1.54, 1.807) is 13.8 Å². The van der Waals surface area contributed by atoms with Gasteiger partial charge >= 0.3 is 17.7 Å². The van der Waals surface area contributed by atoms with Crippen LogP contribution in [0.2, 0.25) is 0 Å². The largest absolute Gasteiger partial charge is 0.465 e. The lowest BCUT2D eigenvalue weighted by Gasteiger charge is -2.26. The van der Waals surface area contributed by atoms with Crippen LogP contribution in [0.3, 0.4) is 0 Å². The van der Waals surface area contributed by atoms with Crippen LogP contribution in [0.5, 0.6) is 0 Å². The van der Waals surface area contributed by atoms with Gasteiger partial charge in [0.1, 0.15) is 6.61 Å². The molecule has 4 unspecified atom stereocenters. The maximum Gasteiger partial charge on any atom is 0.383 e. The molecule has 1 heterocycles. The average Bonchev–Trinajstić information content (AvgIpc) is 2.77. The second kappa shape index (κ2) is 3.82. The van der Waals surface area contributed by atoms with Crippen molar-refractivity contribution in [3.8, 4) is 0 Å². The van der Waals surface area contributed by atoms with Crippen molar-refractivity contribution in [2.45, 2.75) is 32.5 Å². The monoisotopic (exact) mass is 266 g/mol. The van der Waals surface area contributed by atoms with Gasteiger partial charge in [-0.05, 0) is 38.5 Å². The van der Waals surface area contributed by atoms with E-state index in [0.717, 1.165) is 12.8 Å². The molecule has 0 aromatic rings. The number of carbonyl (C=O) groups excluding carboxylic acids is 2. The Morgan fingerprint density at radius 2 is 2.21 bits per heavy atom. The number of allylic oxidation sites excluding steroid dienone is 2. The Morgan fingerprint density at radius 1 is 1.53 bits per heavy atom. The summed E-state index contributed by atoms with van der Waals surface area (Å²) in [7, 11) is 0. The fourth-order valence-electron chi connectivity index (χ4n) is 3.03. The number of aliphatic hydroxyl groups is 1. The molecule has 104 valence electrons. The standard InChI is InChI=1S/C14H18O5/c1-13(2,14(17)12(16)19-14)7-18-11(15)10-6-8-3-4-9(10)5-8/h3-4,8-10,17H,5-7H2,1-2H3. The van der Waals surface area contributed by atoms with Gasteiger partial charge in [-0.15, -0.1) is 0 Å². The van der Waals surface area contributed by atoms with Crippen LogP contribution in [0.15, 0.2) is 12.2 Å². The molecule has 0 aromatic heterocycles. The highest BCUT2D eigenvalue weighted by molar-refractivity contribution is 5.91. The van der Waals surface area contributed by atoms with Crippen molar-refractivity contribution in [2.24, 2.45) is 23.2 Å². The van der Waals surface area contributed by atoms with E-state index < -0.39 is 17.2 Å². The Labute approximate surface area is 111 Å². The number of rotatable bonds is 4. The predicted molar refractivity (Wildman–Crippen MR) is 64.6 cm³/mol. The van der Waals surface area contributed by atoms with E-state index in [2.05, 4.69) is 16.9 Å². The lowest BCUT2D eigenvalue weighted by molar-refractivity contribution is -0.160. The molecule has 1 N–H and O–H groups in total. The van der Waals surface area contributed by atoms with Crippen LogP contribution in [-0.2, 0) is 19.1 Å². The lowest BCUT2D eigenvalue weighted by Crippen LogP contribution is -2.39. The molecular formula is C14H18O5. The Kier molecular flexibility index (Phi) is 2.55. The third kappa shape index (κ3) is 1.87. The SMILES string of the molecule is CC(C)(COC(=O)C1CC2C=CC1C2)C1(O)OC1=O. The number of carbonyl (C=O) groups is 2. The first kappa shape index (κ1) is 12.7. The minimum absolute atomic E-state index is 0.0221. The summed E-state index contributed by atoms with van der Waals surface area (Å²) < 4.78 is 9.88.